The number of aryl methyl sites for hydroxylation is 1. The van der Waals surface area contributed by atoms with E-state index in [4.69, 9.17) is 7.85 Å². The summed E-state index contributed by atoms with van der Waals surface area (Å²) in [5.74, 6) is 0.627. The Bertz CT molecular complexity index is 684. The van der Waals surface area contributed by atoms with Crippen LogP contribution in [-0.2, 0) is 6.54 Å². The van der Waals surface area contributed by atoms with Gasteiger partial charge in [-0.3, -0.25) is 4.79 Å². The van der Waals surface area contributed by atoms with Gasteiger partial charge in [-0.1, -0.05) is 43.3 Å². The lowest BCUT2D eigenvalue weighted by Crippen LogP contribution is -2.29. The van der Waals surface area contributed by atoms with E-state index in [0.717, 1.165) is 24.0 Å². The molecule has 0 bridgehead atoms. The predicted molar refractivity (Wildman–Crippen MR) is 96.5 cm³/mol. The Balaban J connectivity index is 1.78. The molecule has 1 heterocycles. The van der Waals surface area contributed by atoms with Crippen LogP contribution in [0.2, 0.25) is 0 Å². The number of aromatic nitrogens is 1. The largest absolute Gasteiger partial charge is 0.352 e. The van der Waals surface area contributed by atoms with Gasteiger partial charge in [0.25, 0.3) is 5.91 Å². The van der Waals surface area contributed by atoms with Crippen LogP contribution in [0.3, 0.4) is 0 Å². The first-order chi connectivity index (χ1) is 11.2. The number of nitrogens with zero attached hydrogens (tertiary/aromatic N) is 1. The fraction of sp³-hybridized carbons (Fsp3) is 0.526. The molecule has 2 radical (unpaired) electrons. The van der Waals surface area contributed by atoms with Gasteiger partial charge in [-0.15, -0.1) is 0 Å². The van der Waals surface area contributed by atoms with E-state index in [9.17, 15) is 4.79 Å². The average Bonchev–Trinajstić information content (AvgIpc) is 2.75. The number of carbonyl (C=O) groups is 1. The summed E-state index contributed by atoms with van der Waals surface area (Å²) in [6, 6.07) is 5.83. The van der Waals surface area contributed by atoms with Gasteiger partial charge in [0.05, 0.1) is 5.56 Å². The number of hydrogen-bond donors (Lipinski definition) is 1. The highest BCUT2D eigenvalue weighted by molar-refractivity contribution is 6.40. The van der Waals surface area contributed by atoms with Crippen molar-refractivity contribution in [2.45, 2.75) is 52.0 Å². The van der Waals surface area contributed by atoms with Crippen molar-refractivity contribution in [3.8, 4) is 0 Å². The van der Waals surface area contributed by atoms with E-state index in [2.05, 4.69) is 16.8 Å². The molecule has 1 aromatic carbocycles. The molecular weight excluding hydrogens is 283 g/mol. The summed E-state index contributed by atoms with van der Waals surface area (Å²) in [4.78, 5) is 12.7. The summed E-state index contributed by atoms with van der Waals surface area (Å²) in [7, 11) is 6.13. The molecule has 0 unspecified atom stereocenters. The molecular formula is C19H25BN2O. The number of benzene rings is 1. The van der Waals surface area contributed by atoms with Crippen LogP contribution >= 0.6 is 0 Å². The SMILES string of the molecule is [B]c1cccc2c1c(C(=O)NCC1CCCCCC1)cn2CC. The smallest absolute Gasteiger partial charge is 0.253 e. The van der Waals surface area contributed by atoms with Gasteiger partial charge in [-0.05, 0) is 31.7 Å². The topological polar surface area (TPSA) is 34.0 Å². The maximum absolute atomic E-state index is 12.7. The molecule has 0 spiro atoms. The Morgan fingerprint density at radius 3 is 2.70 bits per heavy atom. The highest BCUT2D eigenvalue weighted by atomic mass is 16.1. The van der Waals surface area contributed by atoms with E-state index in [-0.39, 0.29) is 5.91 Å². The fourth-order valence-electron chi connectivity index (χ4n) is 3.71. The second-order valence-electron chi connectivity index (χ2n) is 6.64. The predicted octanol–water partition coefficient (Wildman–Crippen LogP) is 3.16. The fourth-order valence-corrected chi connectivity index (χ4v) is 3.71. The number of rotatable bonds is 4. The van der Waals surface area contributed by atoms with Crippen LogP contribution in [0, 0.1) is 5.92 Å². The first kappa shape index (κ1) is 16.2. The van der Waals surface area contributed by atoms with Crippen molar-refractivity contribution < 1.29 is 4.79 Å². The maximum atomic E-state index is 12.7. The van der Waals surface area contributed by atoms with Gasteiger partial charge >= 0.3 is 0 Å². The molecule has 1 aliphatic rings. The maximum Gasteiger partial charge on any atom is 0.253 e. The van der Waals surface area contributed by atoms with Crippen molar-refractivity contribution in [3.63, 3.8) is 0 Å². The van der Waals surface area contributed by atoms with E-state index in [1.165, 1.54) is 38.5 Å². The van der Waals surface area contributed by atoms with Crippen molar-refractivity contribution in [1.82, 2.24) is 9.88 Å². The summed E-state index contributed by atoms with van der Waals surface area (Å²) >= 11 is 0. The van der Waals surface area contributed by atoms with Gasteiger partial charge in [0.15, 0.2) is 0 Å². The quantitative estimate of drug-likeness (QED) is 0.683. The zero-order valence-corrected chi connectivity index (χ0v) is 14.0. The molecule has 120 valence electrons. The van der Waals surface area contributed by atoms with Crippen molar-refractivity contribution in [3.05, 3.63) is 30.0 Å². The molecule has 1 fully saturated rings. The van der Waals surface area contributed by atoms with Crippen molar-refractivity contribution in [2.24, 2.45) is 5.92 Å². The second kappa shape index (κ2) is 7.24. The number of hydrogen-bond acceptors (Lipinski definition) is 1. The number of fused-ring (bicyclic) bond motifs is 1. The molecule has 3 nitrogen and oxygen atoms in total. The van der Waals surface area contributed by atoms with Gasteiger partial charge in [0, 0.05) is 30.2 Å². The van der Waals surface area contributed by atoms with Crippen LogP contribution in [0.5, 0.6) is 0 Å². The van der Waals surface area contributed by atoms with E-state index in [0.29, 0.717) is 16.9 Å². The average molecular weight is 308 g/mol. The zero-order valence-electron chi connectivity index (χ0n) is 14.0. The normalized spacial score (nSPS) is 16.4. The number of amides is 1. The summed E-state index contributed by atoms with van der Waals surface area (Å²) in [5, 5.41) is 4.03. The summed E-state index contributed by atoms with van der Waals surface area (Å²) in [6.45, 7) is 3.69. The third-order valence-electron chi connectivity index (χ3n) is 5.05. The minimum Gasteiger partial charge on any atom is -0.352 e. The van der Waals surface area contributed by atoms with Crippen LogP contribution in [-0.4, -0.2) is 24.9 Å². The first-order valence-electron chi connectivity index (χ1n) is 8.86. The van der Waals surface area contributed by atoms with Crippen LogP contribution in [0.1, 0.15) is 55.8 Å². The molecule has 1 amide bonds. The Hall–Kier alpha value is -1.71. The highest BCUT2D eigenvalue weighted by Crippen LogP contribution is 2.23. The van der Waals surface area contributed by atoms with Gasteiger partial charge in [-0.2, -0.15) is 0 Å². The molecule has 0 aliphatic heterocycles. The molecule has 4 heteroatoms. The number of nitrogens with one attached hydrogen (secondary N) is 1. The minimum absolute atomic E-state index is 0.00402. The molecule has 1 saturated carbocycles. The molecule has 0 saturated heterocycles. The van der Waals surface area contributed by atoms with Gasteiger partial charge in [0.1, 0.15) is 7.85 Å². The lowest BCUT2D eigenvalue weighted by Gasteiger charge is -2.14. The lowest BCUT2D eigenvalue weighted by atomic mass is 9.90. The van der Waals surface area contributed by atoms with E-state index >= 15 is 0 Å². The Morgan fingerprint density at radius 1 is 1.26 bits per heavy atom. The van der Waals surface area contributed by atoms with Crippen LogP contribution in [0.15, 0.2) is 24.4 Å². The molecule has 2 aromatic rings. The molecule has 1 aromatic heterocycles. The van der Waals surface area contributed by atoms with Gasteiger partial charge in [-0.25, -0.2) is 0 Å². The summed E-state index contributed by atoms with van der Waals surface area (Å²) in [5.41, 5.74) is 2.41. The Kier molecular flexibility index (Phi) is 5.09. The monoisotopic (exact) mass is 308 g/mol. The third-order valence-corrected chi connectivity index (χ3v) is 5.05. The van der Waals surface area contributed by atoms with E-state index < -0.39 is 0 Å². The van der Waals surface area contributed by atoms with E-state index in [1.807, 2.05) is 24.4 Å². The van der Waals surface area contributed by atoms with Crippen molar-refractivity contribution in [1.29, 1.82) is 0 Å². The molecule has 3 rings (SSSR count). The van der Waals surface area contributed by atoms with E-state index in [1.54, 1.807) is 0 Å². The number of carbonyl (C=O) groups excluding carboxylic acids is 1. The molecule has 0 atom stereocenters. The minimum atomic E-state index is 0.00402. The Labute approximate surface area is 139 Å². The van der Waals surface area contributed by atoms with Crippen molar-refractivity contribution in [2.75, 3.05) is 6.54 Å². The van der Waals surface area contributed by atoms with Gasteiger partial charge < -0.3 is 9.88 Å². The highest BCUT2D eigenvalue weighted by Gasteiger charge is 2.18. The van der Waals surface area contributed by atoms with Crippen LogP contribution in [0.25, 0.3) is 10.9 Å². The molecule has 1 N–H and O–H groups in total. The standard InChI is InChI=1S/C19H25BN2O/c1-2-22-13-15(18-16(20)10-7-11-17(18)22)19(23)21-12-14-8-5-3-4-6-9-14/h7,10-11,13-14H,2-6,8-9,12H2,1H3,(H,21,23). The zero-order chi connectivity index (χ0) is 16.2. The van der Waals surface area contributed by atoms with Gasteiger partial charge in [0.2, 0.25) is 0 Å². The van der Waals surface area contributed by atoms with Crippen LogP contribution in [0.4, 0.5) is 0 Å². The molecule has 23 heavy (non-hydrogen) atoms. The third kappa shape index (κ3) is 3.46. The lowest BCUT2D eigenvalue weighted by molar-refractivity contribution is 0.0947. The Morgan fingerprint density at radius 2 is 2.00 bits per heavy atom. The molecule has 1 aliphatic carbocycles. The summed E-state index contributed by atoms with van der Waals surface area (Å²) < 4.78 is 2.09. The van der Waals surface area contributed by atoms with Crippen LogP contribution < -0.4 is 10.8 Å². The first-order valence-corrected chi connectivity index (χ1v) is 8.86. The second-order valence-corrected chi connectivity index (χ2v) is 6.64. The van der Waals surface area contributed by atoms with Crippen molar-refractivity contribution >= 4 is 30.1 Å². The summed E-state index contributed by atoms with van der Waals surface area (Å²) in [6.07, 6.45) is 9.67.